The topological polar surface area (TPSA) is 241 Å². The molecule has 19 nitrogen and oxygen atoms in total. The summed E-state index contributed by atoms with van der Waals surface area (Å²) in [6.45, 7) is 7.30. The van der Waals surface area contributed by atoms with Crippen LogP contribution < -0.4 is 5.32 Å². The number of carbonyl (C=O) groups is 8. The van der Waals surface area contributed by atoms with Crippen LogP contribution in [0.5, 0.6) is 0 Å². The maximum absolute atomic E-state index is 12.3. The second kappa shape index (κ2) is 17.5. The van der Waals surface area contributed by atoms with Gasteiger partial charge in [0.25, 0.3) is 0 Å². The minimum absolute atomic E-state index is 0.577. The number of hydrogen-bond acceptors (Lipinski definition) is 18. The number of amides is 1. The highest BCUT2D eigenvalue weighted by molar-refractivity contribution is 5.73. The highest BCUT2D eigenvalue weighted by Gasteiger charge is 2.57. The molecule has 0 aliphatic carbocycles. The number of carbonyl (C=O) groups excluding carboxylic acids is 8. The van der Waals surface area contributed by atoms with Crippen molar-refractivity contribution in [3.8, 4) is 0 Å². The van der Waals surface area contributed by atoms with Gasteiger partial charge >= 0.3 is 41.8 Å². The van der Waals surface area contributed by atoms with Gasteiger partial charge in [-0.2, -0.15) is 0 Å². The van der Waals surface area contributed by atoms with Crippen molar-refractivity contribution in [2.45, 2.75) is 117 Å². The van der Waals surface area contributed by atoms with E-state index >= 15 is 0 Å². The van der Waals surface area contributed by atoms with Crippen molar-refractivity contribution < 1.29 is 85.7 Å². The predicted octanol–water partition coefficient (Wildman–Crippen LogP) is -1.26. The normalized spacial score (nSPS) is 30.0. The van der Waals surface area contributed by atoms with Gasteiger partial charge in [0, 0.05) is 55.4 Å². The molecule has 47 heavy (non-hydrogen) atoms. The lowest BCUT2D eigenvalue weighted by molar-refractivity contribution is -0.345. The molecular weight excluding hydrogens is 638 g/mol. The fraction of sp³-hybridized carbons (Fsp3) is 0.714. The molecule has 0 aromatic heterocycles. The van der Waals surface area contributed by atoms with Crippen molar-refractivity contribution in [1.29, 1.82) is 0 Å². The van der Waals surface area contributed by atoms with Crippen LogP contribution in [0.2, 0.25) is 0 Å². The molecule has 2 saturated heterocycles. The highest BCUT2D eigenvalue weighted by Crippen LogP contribution is 2.35. The Morgan fingerprint density at radius 2 is 0.851 bits per heavy atom. The van der Waals surface area contributed by atoms with Crippen molar-refractivity contribution in [1.82, 2.24) is 5.32 Å². The number of esters is 7. The Kier molecular flexibility index (Phi) is 14.5. The van der Waals surface area contributed by atoms with Crippen LogP contribution in [0.3, 0.4) is 0 Å². The molecule has 0 bridgehead atoms. The van der Waals surface area contributed by atoms with Crippen LogP contribution in [0.15, 0.2) is 0 Å². The summed E-state index contributed by atoms with van der Waals surface area (Å²) in [7, 11) is 0. The molecule has 2 aliphatic heterocycles. The van der Waals surface area contributed by atoms with Crippen LogP contribution in [0.4, 0.5) is 0 Å². The summed E-state index contributed by atoms with van der Waals surface area (Å²) in [5.74, 6) is -6.65. The fourth-order valence-corrected chi connectivity index (χ4v) is 4.83. The smallest absolute Gasteiger partial charge is 0.303 e. The van der Waals surface area contributed by atoms with Crippen molar-refractivity contribution in [2.75, 3.05) is 13.2 Å². The third-order valence-electron chi connectivity index (χ3n) is 6.27. The molecule has 0 radical (unpaired) electrons. The number of hydrogen-bond donors (Lipinski definition) is 1. The largest absolute Gasteiger partial charge is 0.463 e. The molecular formula is C28H39NO18. The lowest BCUT2D eigenvalue weighted by Crippen LogP contribution is -2.68. The fourth-order valence-electron chi connectivity index (χ4n) is 4.83. The van der Waals surface area contributed by atoms with Crippen molar-refractivity contribution in [3.63, 3.8) is 0 Å². The van der Waals surface area contributed by atoms with Crippen LogP contribution >= 0.6 is 0 Å². The minimum atomic E-state index is -1.81. The lowest BCUT2D eigenvalue weighted by Gasteiger charge is -2.48. The third kappa shape index (κ3) is 12.1. The predicted molar refractivity (Wildman–Crippen MR) is 147 cm³/mol. The Morgan fingerprint density at radius 1 is 0.468 bits per heavy atom. The second-order valence-electron chi connectivity index (χ2n) is 10.4. The minimum Gasteiger partial charge on any atom is -0.463 e. The van der Waals surface area contributed by atoms with E-state index in [0.717, 1.165) is 55.4 Å². The zero-order chi connectivity index (χ0) is 35.6. The van der Waals surface area contributed by atoms with Gasteiger partial charge in [-0.15, -0.1) is 0 Å². The Bertz CT molecular complexity index is 1200. The molecule has 1 N–H and O–H groups in total. The van der Waals surface area contributed by atoms with Crippen molar-refractivity contribution in [2.24, 2.45) is 0 Å². The zero-order valence-corrected chi connectivity index (χ0v) is 27.0. The number of nitrogens with one attached hydrogen (secondary N) is 1. The Hall–Kier alpha value is -4.36. The molecule has 0 unspecified atom stereocenters. The summed E-state index contributed by atoms with van der Waals surface area (Å²) in [6.07, 6.45) is -15.7. The summed E-state index contributed by atoms with van der Waals surface area (Å²) >= 11 is 0. The maximum Gasteiger partial charge on any atom is 0.303 e. The molecule has 10 atom stereocenters. The molecule has 1 amide bonds. The van der Waals surface area contributed by atoms with Gasteiger partial charge in [0.2, 0.25) is 5.91 Å². The standard InChI is InChI=1S/C28H39NO18/c1-11(30)29-27-25(43-17(7)36)23(41-15(5)34)22(19(45-27)9-38-12(2)31)47-28-26(44-18(8)37)24(42-16(6)35)21(40-14(4)33)20(46-28)10-39-13(3)32/h19-28H,9-10H2,1-8H3,(H,29,30)/t19-,20-,21+,22-,23+,24+,25-,26-,27+,28+/m1/s1. The van der Waals surface area contributed by atoms with Gasteiger partial charge in [-0.1, -0.05) is 0 Å². The van der Waals surface area contributed by atoms with E-state index < -0.39 is 122 Å². The first-order valence-electron chi connectivity index (χ1n) is 14.3. The Labute approximate surface area is 269 Å². The Morgan fingerprint density at radius 3 is 1.28 bits per heavy atom. The van der Waals surface area contributed by atoms with Gasteiger partial charge in [-0.3, -0.25) is 38.4 Å². The molecule has 0 spiro atoms. The molecule has 264 valence electrons. The van der Waals surface area contributed by atoms with E-state index in [2.05, 4.69) is 5.32 Å². The van der Waals surface area contributed by atoms with Crippen LogP contribution in [0.1, 0.15) is 55.4 Å². The molecule has 2 heterocycles. The van der Waals surface area contributed by atoms with Gasteiger partial charge in [0.1, 0.15) is 31.5 Å². The summed E-state index contributed by atoms with van der Waals surface area (Å²) in [4.78, 5) is 96.5. The number of rotatable bonds is 12. The van der Waals surface area contributed by atoms with Gasteiger partial charge in [0.15, 0.2) is 43.0 Å². The van der Waals surface area contributed by atoms with E-state index in [9.17, 15) is 38.4 Å². The van der Waals surface area contributed by atoms with E-state index in [1.165, 1.54) is 0 Å². The summed E-state index contributed by atoms with van der Waals surface area (Å²) in [6, 6.07) is 0. The summed E-state index contributed by atoms with van der Waals surface area (Å²) < 4.78 is 55.3. The van der Waals surface area contributed by atoms with E-state index in [0.29, 0.717) is 0 Å². The molecule has 2 fully saturated rings. The first-order chi connectivity index (χ1) is 21.9. The first-order valence-corrected chi connectivity index (χ1v) is 14.3. The van der Waals surface area contributed by atoms with Crippen LogP contribution in [0.25, 0.3) is 0 Å². The monoisotopic (exact) mass is 677 g/mol. The SMILES string of the molecule is CC(=O)N[C@H]1O[C@H](COC(C)=O)[C@@H](O[C@@H]2O[C@H](COC(C)=O)[C@H](OC(C)=O)[C@H](OC(C)=O)[C@H]2OC(C)=O)[C@H](OC(C)=O)[C@H]1OC(C)=O. The summed E-state index contributed by atoms with van der Waals surface area (Å²) in [5, 5.41) is 2.42. The van der Waals surface area contributed by atoms with Gasteiger partial charge in [-0.05, 0) is 0 Å². The van der Waals surface area contributed by atoms with E-state index in [1.807, 2.05) is 0 Å². The average molecular weight is 678 g/mol. The maximum atomic E-state index is 12.3. The molecule has 2 aliphatic rings. The van der Waals surface area contributed by atoms with Gasteiger partial charge in [-0.25, -0.2) is 0 Å². The number of ether oxygens (including phenoxy) is 10. The zero-order valence-electron chi connectivity index (χ0n) is 27.0. The van der Waals surface area contributed by atoms with E-state index in [1.54, 1.807) is 0 Å². The summed E-state index contributed by atoms with van der Waals surface area (Å²) in [5.41, 5.74) is 0. The molecule has 0 aromatic carbocycles. The molecule has 19 heteroatoms. The molecule has 2 rings (SSSR count). The van der Waals surface area contributed by atoms with Crippen LogP contribution in [-0.2, 0) is 85.7 Å². The molecule has 0 aromatic rings. The molecule has 0 saturated carbocycles. The van der Waals surface area contributed by atoms with Crippen LogP contribution in [-0.4, -0.2) is 122 Å². The van der Waals surface area contributed by atoms with Gasteiger partial charge in [0.05, 0.1) is 0 Å². The average Bonchev–Trinajstić information content (AvgIpc) is 2.91. The quantitative estimate of drug-likeness (QED) is 0.187. The van der Waals surface area contributed by atoms with E-state index in [-0.39, 0.29) is 0 Å². The highest BCUT2D eigenvalue weighted by atomic mass is 16.8. The van der Waals surface area contributed by atoms with Crippen LogP contribution in [0, 0.1) is 0 Å². The lowest BCUT2D eigenvalue weighted by atomic mass is 9.95. The van der Waals surface area contributed by atoms with Crippen molar-refractivity contribution >= 4 is 47.7 Å². The van der Waals surface area contributed by atoms with E-state index in [4.69, 9.17) is 47.4 Å². The van der Waals surface area contributed by atoms with Crippen molar-refractivity contribution in [3.05, 3.63) is 0 Å². The van der Waals surface area contributed by atoms with Gasteiger partial charge < -0.3 is 52.7 Å². The first kappa shape index (κ1) is 38.8. The second-order valence-corrected chi connectivity index (χ2v) is 10.4. The third-order valence-corrected chi connectivity index (χ3v) is 6.27. The Balaban J connectivity index is 2.73.